The highest BCUT2D eigenvalue weighted by atomic mass is 16.7. The zero-order chi connectivity index (χ0) is 21.1. The molecule has 0 saturated carbocycles. The third kappa shape index (κ3) is 2.78. The third-order valence-corrected chi connectivity index (χ3v) is 5.59. The first-order valence-electron chi connectivity index (χ1n) is 9.32. The average molecular weight is 399 g/mol. The predicted molar refractivity (Wildman–Crippen MR) is 99.5 cm³/mol. The van der Waals surface area contributed by atoms with Crippen molar-refractivity contribution in [2.24, 2.45) is 11.8 Å². The second kappa shape index (κ2) is 6.52. The molecule has 4 rings (SSSR count). The molecule has 4 atom stereocenters. The standard InChI is InChI=1S/C21H21NO7/c1-10-5-6-14(11(2)9-10)22-18(25)16-15-7-8-21(29-15,17(16)19(22)26)20(27-12(3)23)28-13(4)24/h5-9,15-17,20H,1-4H3/t15-,16-,17+,21+/m1/s1. The second-order valence-corrected chi connectivity index (χ2v) is 7.65. The molecule has 1 aromatic rings. The van der Waals surface area contributed by atoms with E-state index in [4.69, 9.17) is 14.2 Å². The monoisotopic (exact) mass is 399 g/mol. The molecule has 2 saturated heterocycles. The molecule has 1 aromatic carbocycles. The summed E-state index contributed by atoms with van der Waals surface area (Å²) in [6.45, 7) is 6.09. The van der Waals surface area contributed by atoms with Gasteiger partial charge >= 0.3 is 11.9 Å². The molecule has 0 radical (unpaired) electrons. The van der Waals surface area contributed by atoms with Gasteiger partial charge in [0.1, 0.15) is 0 Å². The molecule has 3 aliphatic rings. The van der Waals surface area contributed by atoms with E-state index in [2.05, 4.69) is 0 Å². The van der Waals surface area contributed by atoms with Gasteiger partial charge in [0.05, 0.1) is 23.6 Å². The van der Waals surface area contributed by atoms with Crippen LogP contribution >= 0.6 is 0 Å². The lowest BCUT2D eigenvalue weighted by atomic mass is 9.76. The molecule has 0 spiro atoms. The summed E-state index contributed by atoms with van der Waals surface area (Å²) in [6, 6.07) is 5.46. The van der Waals surface area contributed by atoms with Crippen LogP contribution in [0, 0.1) is 25.7 Å². The Morgan fingerprint density at radius 3 is 2.34 bits per heavy atom. The Labute approximate surface area is 167 Å². The Balaban J connectivity index is 1.76. The number of hydrogen-bond donors (Lipinski definition) is 0. The highest BCUT2D eigenvalue weighted by Gasteiger charge is 2.72. The quantitative estimate of drug-likeness (QED) is 0.328. The summed E-state index contributed by atoms with van der Waals surface area (Å²) in [6.07, 6.45) is 1.08. The van der Waals surface area contributed by atoms with Crippen LogP contribution in [0.15, 0.2) is 30.4 Å². The maximum Gasteiger partial charge on any atom is 0.305 e. The highest BCUT2D eigenvalue weighted by Crippen LogP contribution is 2.54. The molecule has 0 aliphatic carbocycles. The Hall–Kier alpha value is -3.00. The van der Waals surface area contributed by atoms with Crippen molar-refractivity contribution in [2.45, 2.75) is 45.7 Å². The van der Waals surface area contributed by atoms with Crippen LogP contribution < -0.4 is 4.90 Å². The van der Waals surface area contributed by atoms with Gasteiger partial charge in [0.25, 0.3) is 6.29 Å². The molecule has 0 N–H and O–H groups in total. The first-order chi connectivity index (χ1) is 13.7. The minimum atomic E-state index is -1.53. The molecule has 2 fully saturated rings. The Bertz CT molecular complexity index is 952. The molecule has 2 bridgehead atoms. The summed E-state index contributed by atoms with van der Waals surface area (Å²) in [5.41, 5.74) is 0.772. The molecule has 8 heteroatoms. The average Bonchev–Trinajstić information content (AvgIpc) is 3.26. The van der Waals surface area contributed by atoms with Gasteiger partial charge in [-0.3, -0.25) is 19.2 Å². The van der Waals surface area contributed by atoms with Crippen molar-refractivity contribution in [1.29, 1.82) is 0 Å². The number of carbonyl (C=O) groups excluding carboxylic acids is 4. The van der Waals surface area contributed by atoms with Crippen LogP contribution in [0.3, 0.4) is 0 Å². The molecular weight excluding hydrogens is 378 g/mol. The van der Waals surface area contributed by atoms with Crippen molar-refractivity contribution in [3.63, 3.8) is 0 Å². The summed E-state index contributed by atoms with van der Waals surface area (Å²) >= 11 is 0. The number of carbonyl (C=O) groups is 4. The van der Waals surface area contributed by atoms with Gasteiger partial charge in [-0.1, -0.05) is 23.8 Å². The minimum Gasteiger partial charge on any atom is -0.422 e. The molecular formula is C21H21NO7. The minimum absolute atomic E-state index is 0.382. The molecule has 3 aliphatic heterocycles. The zero-order valence-electron chi connectivity index (χ0n) is 16.5. The first kappa shape index (κ1) is 19.3. The van der Waals surface area contributed by atoms with E-state index in [-0.39, 0.29) is 5.91 Å². The smallest absolute Gasteiger partial charge is 0.305 e. The molecule has 0 aromatic heterocycles. The van der Waals surface area contributed by atoms with Gasteiger partial charge in [0.2, 0.25) is 11.8 Å². The van der Waals surface area contributed by atoms with E-state index in [9.17, 15) is 19.2 Å². The topological polar surface area (TPSA) is 99.2 Å². The lowest BCUT2D eigenvalue weighted by Gasteiger charge is -2.34. The molecule has 3 heterocycles. The second-order valence-electron chi connectivity index (χ2n) is 7.65. The normalized spacial score (nSPS) is 29.6. The number of fused-ring (bicyclic) bond motifs is 5. The van der Waals surface area contributed by atoms with Crippen LogP contribution in [-0.4, -0.2) is 41.7 Å². The summed E-state index contributed by atoms with van der Waals surface area (Å²) in [5.74, 6) is -3.98. The third-order valence-electron chi connectivity index (χ3n) is 5.59. The van der Waals surface area contributed by atoms with Crippen molar-refractivity contribution in [2.75, 3.05) is 4.90 Å². The van der Waals surface area contributed by atoms with Crippen LogP contribution in [0.5, 0.6) is 0 Å². The number of ether oxygens (including phenoxy) is 3. The van der Waals surface area contributed by atoms with Crippen LogP contribution in [0.1, 0.15) is 25.0 Å². The Morgan fingerprint density at radius 2 is 1.76 bits per heavy atom. The zero-order valence-corrected chi connectivity index (χ0v) is 16.5. The molecule has 152 valence electrons. The fourth-order valence-corrected chi connectivity index (χ4v) is 4.51. The number of aryl methyl sites for hydroxylation is 2. The largest absolute Gasteiger partial charge is 0.422 e. The predicted octanol–water partition coefficient (Wildman–Crippen LogP) is 1.57. The summed E-state index contributed by atoms with van der Waals surface area (Å²) in [5, 5.41) is 0. The fourth-order valence-electron chi connectivity index (χ4n) is 4.51. The molecule has 29 heavy (non-hydrogen) atoms. The lowest BCUT2D eigenvalue weighted by molar-refractivity contribution is -0.226. The molecule has 0 unspecified atom stereocenters. The summed E-state index contributed by atoms with van der Waals surface area (Å²) in [4.78, 5) is 51.0. The van der Waals surface area contributed by atoms with Crippen molar-refractivity contribution in [1.82, 2.24) is 0 Å². The highest BCUT2D eigenvalue weighted by molar-refractivity contribution is 6.23. The van der Waals surface area contributed by atoms with Gasteiger partial charge in [0, 0.05) is 13.8 Å². The summed E-state index contributed by atoms with van der Waals surface area (Å²) in [7, 11) is 0. The van der Waals surface area contributed by atoms with Crippen LogP contribution in [0.2, 0.25) is 0 Å². The molecule has 2 amide bonds. The maximum absolute atomic E-state index is 13.4. The van der Waals surface area contributed by atoms with Crippen LogP contribution in [0.25, 0.3) is 0 Å². The Kier molecular flexibility index (Phi) is 4.34. The van der Waals surface area contributed by atoms with Crippen molar-refractivity contribution in [3.8, 4) is 0 Å². The van der Waals surface area contributed by atoms with E-state index < -0.39 is 47.7 Å². The number of nitrogens with zero attached hydrogens (tertiary/aromatic N) is 1. The number of esters is 2. The van der Waals surface area contributed by atoms with E-state index in [1.807, 2.05) is 26.0 Å². The SMILES string of the molecule is CC(=O)OC(OC(C)=O)[C@@]12C=C[C@@H](O1)[C@H]1C(=O)N(c3ccc(C)cc3C)C(=O)[C@H]12. The van der Waals surface area contributed by atoms with Crippen LogP contribution in [-0.2, 0) is 33.4 Å². The van der Waals surface area contributed by atoms with E-state index in [0.29, 0.717) is 5.69 Å². The summed E-state index contributed by atoms with van der Waals surface area (Å²) < 4.78 is 16.3. The van der Waals surface area contributed by atoms with Gasteiger partial charge in [-0.15, -0.1) is 0 Å². The van der Waals surface area contributed by atoms with Crippen molar-refractivity contribution in [3.05, 3.63) is 41.5 Å². The van der Waals surface area contributed by atoms with Crippen LogP contribution in [0.4, 0.5) is 5.69 Å². The number of imide groups is 1. The van der Waals surface area contributed by atoms with Gasteiger partial charge in [-0.25, -0.2) is 4.90 Å². The number of anilines is 1. The van der Waals surface area contributed by atoms with E-state index >= 15 is 0 Å². The number of rotatable bonds is 4. The first-order valence-corrected chi connectivity index (χ1v) is 9.32. The molecule has 8 nitrogen and oxygen atoms in total. The maximum atomic E-state index is 13.4. The number of amides is 2. The van der Waals surface area contributed by atoms with Gasteiger partial charge in [-0.2, -0.15) is 0 Å². The van der Waals surface area contributed by atoms with Crippen molar-refractivity contribution >= 4 is 29.4 Å². The Morgan fingerprint density at radius 1 is 1.10 bits per heavy atom. The van der Waals surface area contributed by atoms with E-state index in [0.717, 1.165) is 11.1 Å². The van der Waals surface area contributed by atoms with Crippen molar-refractivity contribution < 1.29 is 33.4 Å². The van der Waals surface area contributed by atoms with Gasteiger partial charge in [-0.05, 0) is 31.6 Å². The van der Waals surface area contributed by atoms with Gasteiger partial charge in [0.15, 0.2) is 5.60 Å². The number of benzene rings is 1. The number of hydrogen-bond acceptors (Lipinski definition) is 7. The van der Waals surface area contributed by atoms with E-state index in [1.165, 1.54) is 18.7 Å². The van der Waals surface area contributed by atoms with Gasteiger partial charge < -0.3 is 14.2 Å². The fraction of sp³-hybridized carbons (Fsp3) is 0.429. The lowest BCUT2D eigenvalue weighted by Crippen LogP contribution is -2.52. The van der Waals surface area contributed by atoms with E-state index in [1.54, 1.807) is 18.2 Å².